The van der Waals surface area contributed by atoms with Crippen LogP contribution >= 0.6 is 22.7 Å². The quantitative estimate of drug-likeness (QED) is 0.279. The van der Waals surface area contributed by atoms with E-state index in [1.807, 2.05) is 29.6 Å². The Hall–Kier alpha value is -1.94. The smallest absolute Gasteiger partial charge is 1.00 e. The molecular formula is C28H34AlLiN6O2S2. The van der Waals surface area contributed by atoms with Gasteiger partial charge >= 0.3 is 18.9 Å². The molecule has 0 aromatic carbocycles. The summed E-state index contributed by atoms with van der Waals surface area (Å²) in [4.78, 5) is 21.4. The van der Waals surface area contributed by atoms with Crippen LogP contribution in [-0.4, -0.2) is 70.3 Å². The zero-order valence-corrected chi connectivity index (χ0v) is 23.7. The SMILES string of the molecule is NCC1(c2nc(-c3ccncc3)cs2)CCOCC1.[AlH3].[C-]#[N+]C1(c2nc(-c3ccncc3)cs2)CCOCC1.[H-].[Li+]. The molecular weight excluding hydrogens is 550 g/mol. The normalized spacial score (nSPS) is 17.2. The fourth-order valence-corrected chi connectivity index (χ4v) is 6.80. The van der Waals surface area contributed by atoms with Gasteiger partial charge in [0.1, 0.15) is 5.01 Å². The van der Waals surface area contributed by atoms with E-state index in [1.165, 1.54) is 0 Å². The number of nitrogens with two attached hydrogens (primary N) is 1. The van der Waals surface area contributed by atoms with E-state index in [9.17, 15) is 0 Å². The third-order valence-electron chi connectivity index (χ3n) is 7.19. The van der Waals surface area contributed by atoms with E-state index in [1.54, 1.807) is 47.5 Å². The summed E-state index contributed by atoms with van der Waals surface area (Å²) in [5, 5.41) is 6.19. The number of hydrogen-bond acceptors (Lipinski definition) is 9. The molecule has 8 nitrogen and oxygen atoms in total. The first-order chi connectivity index (χ1) is 18.7. The Bertz CT molecular complexity index is 1360. The van der Waals surface area contributed by atoms with Crippen LogP contribution in [0, 0.1) is 6.57 Å². The second-order valence-electron chi connectivity index (χ2n) is 9.40. The van der Waals surface area contributed by atoms with Gasteiger partial charge < -0.3 is 21.5 Å². The minimum Gasteiger partial charge on any atom is -1.00 e. The molecule has 0 spiro atoms. The second kappa shape index (κ2) is 15.3. The first-order valence-electron chi connectivity index (χ1n) is 12.7. The summed E-state index contributed by atoms with van der Waals surface area (Å²) in [6, 6.07) is 7.84. The molecule has 0 amide bonds. The topological polar surface area (TPSA) is 100 Å². The first kappa shape index (κ1) is 32.6. The van der Waals surface area contributed by atoms with Crippen LogP contribution in [0.4, 0.5) is 0 Å². The average molecular weight is 585 g/mol. The van der Waals surface area contributed by atoms with E-state index in [4.69, 9.17) is 26.8 Å². The van der Waals surface area contributed by atoms with Crippen molar-refractivity contribution < 1.29 is 29.8 Å². The molecule has 2 saturated heterocycles. The molecule has 40 heavy (non-hydrogen) atoms. The van der Waals surface area contributed by atoms with Gasteiger partial charge in [-0.2, -0.15) is 0 Å². The molecule has 0 bridgehead atoms. The van der Waals surface area contributed by atoms with E-state index in [-0.39, 0.29) is 43.1 Å². The number of hydrogen-bond donors (Lipinski definition) is 1. The van der Waals surface area contributed by atoms with Gasteiger partial charge in [-0.1, -0.05) is 0 Å². The molecule has 0 atom stereocenters. The molecule has 204 valence electrons. The molecule has 2 N–H and O–H groups in total. The van der Waals surface area contributed by atoms with E-state index in [2.05, 4.69) is 25.2 Å². The van der Waals surface area contributed by atoms with Gasteiger partial charge in [0, 0.05) is 71.8 Å². The predicted molar refractivity (Wildman–Crippen MR) is 161 cm³/mol. The van der Waals surface area contributed by atoms with E-state index in [0.29, 0.717) is 19.8 Å². The fourth-order valence-electron chi connectivity index (χ4n) is 4.67. The van der Waals surface area contributed by atoms with Crippen LogP contribution in [0.3, 0.4) is 0 Å². The summed E-state index contributed by atoms with van der Waals surface area (Å²) in [7, 11) is 0. The molecule has 2 aliphatic rings. The monoisotopic (exact) mass is 584 g/mol. The van der Waals surface area contributed by atoms with Gasteiger partial charge in [0.15, 0.2) is 22.4 Å². The van der Waals surface area contributed by atoms with Crippen LogP contribution in [0.25, 0.3) is 27.4 Å². The number of ether oxygens (including phenoxy) is 2. The van der Waals surface area contributed by atoms with Gasteiger partial charge in [0.05, 0.1) is 37.4 Å². The van der Waals surface area contributed by atoms with Crippen molar-refractivity contribution in [3.05, 3.63) is 81.2 Å². The summed E-state index contributed by atoms with van der Waals surface area (Å²) in [6.07, 6.45) is 10.5. The Labute approximate surface area is 267 Å². The van der Waals surface area contributed by atoms with Crippen molar-refractivity contribution in [3.8, 4) is 22.5 Å². The number of thiazole rings is 2. The van der Waals surface area contributed by atoms with Gasteiger partial charge in [-0.05, 0) is 37.1 Å². The van der Waals surface area contributed by atoms with Gasteiger partial charge in [-0.3, -0.25) is 9.97 Å². The van der Waals surface area contributed by atoms with Crippen molar-refractivity contribution in [2.24, 2.45) is 5.73 Å². The Morgan fingerprint density at radius 2 is 1.25 bits per heavy atom. The number of nitrogens with zero attached hydrogens (tertiary/aromatic N) is 5. The zero-order chi connectivity index (χ0) is 26.3. The largest absolute Gasteiger partial charge is 1.00 e. The van der Waals surface area contributed by atoms with Crippen LogP contribution in [0.5, 0.6) is 0 Å². The van der Waals surface area contributed by atoms with Crippen LogP contribution < -0.4 is 24.6 Å². The maximum atomic E-state index is 7.52. The summed E-state index contributed by atoms with van der Waals surface area (Å²) >= 11 is 3.28. The third-order valence-corrected chi connectivity index (χ3v) is 9.31. The molecule has 0 aliphatic carbocycles. The van der Waals surface area contributed by atoms with Crippen LogP contribution in [0.1, 0.15) is 37.1 Å². The van der Waals surface area contributed by atoms with Crippen LogP contribution in [0.2, 0.25) is 0 Å². The Morgan fingerprint density at radius 1 is 0.800 bits per heavy atom. The van der Waals surface area contributed by atoms with Crippen molar-refractivity contribution in [1.29, 1.82) is 0 Å². The Balaban J connectivity index is 0.000000267. The molecule has 6 heterocycles. The molecule has 2 aliphatic heterocycles. The number of pyridine rings is 2. The molecule has 0 unspecified atom stereocenters. The van der Waals surface area contributed by atoms with Crippen molar-refractivity contribution >= 4 is 40.0 Å². The van der Waals surface area contributed by atoms with Crippen molar-refractivity contribution in [1.82, 2.24) is 19.9 Å². The maximum Gasteiger partial charge on any atom is 1.00 e. The van der Waals surface area contributed by atoms with E-state index < -0.39 is 5.54 Å². The summed E-state index contributed by atoms with van der Waals surface area (Å²) in [5.41, 5.74) is 9.65. The minimum absolute atomic E-state index is 0. The first-order valence-corrected chi connectivity index (χ1v) is 14.4. The van der Waals surface area contributed by atoms with Gasteiger partial charge in [-0.15, -0.1) is 22.7 Å². The van der Waals surface area contributed by atoms with Crippen molar-refractivity contribution in [3.63, 3.8) is 0 Å². The zero-order valence-electron chi connectivity index (χ0n) is 23.1. The van der Waals surface area contributed by atoms with Gasteiger partial charge in [0.2, 0.25) is 0 Å². The van der Waals surface area contributed by atoms with E-state index in [0.717, 1.165) is 71.4 Å². The molecule has 4 aromatic heterocycles. The molecule has 12 heteroatoms. The third kappa shape index (κ3) is 7.27. The Kier molecular flexibility index (Phi) is 12.5. The predicted octanol–water partition coefficient (Wildman–Crippen LogP) is 1.27. The van der Waals surface area contributed by atoms with Crippen LogP contribution in [-0.2, 0) is 20.4 Å². The summed E-state index contributed by atoms with van der Waals surface area (Å²) in [5.74, 6) is 0. The van der Waals surface area contributed by atoms with Crippen molar-refractivity contribution in [2.75, 3.05) is 33.0 Å². The van der Waals surface area contributed by atoms with Crippen LogP contribution in [0.15, 0.2) is 59.8 Å². The summed E-state index contributed by atoms with van der Waals surface area (Å²) in [6.45, 7) is 11.0. The van der Waals surface area contributed by atoms with E-state index >= 15 is 0 Å². The molecule has 6 rings (SSSR count). The molecule has 0 saturated carbocycles. The number of rotatable bonds is 5. The minimum atomic E-state index is -0.478. The second-order valence-corrected chi connectivity index (χ2v) is 11.1. The van der Waals surface area contributed by atoms with Gasteiger partial charge in [0.25, 0.3) is 5.54 Å². The maximum absolute atomic E-state index is 7.52. The number of aromatic nitrogens is 4. The average Bonchev–Trinajstić information content (AvgIpc) is 3.71. The standard InChI is InChI=1S/C14H13N3OS.C14H17N3OS.Al.Li.4H/c1-15-14(4-8-18-9-5-14)13-17-12(10-19-13)11-2-6-16-7-3-11;15-10-14(3-7-18-8-4-14)13-17-12(9-19-13)11-1-5-16-6-2-11;;;;;;/h2-3,6-7,10H,4-5,8-9H2;1-2,5-6,9H,3-4,7-8,10,15H2;;;;;;/q;;;+1;;;;-1. The fraction of sp³-hybridized carbons (Fsp3) is 0.393. The summed E-state index contributed by atoms with van der Waals surface area (Å²) < 4.78 is 10.8. The Morgan fingerprint density at radius 3 is 1.73 bits per heavy atom. The molecule has 4 aromatic rings. The van der Waals surface area contributed by atoms with Gasteiger partial charge in [-0.25, -0.2) is 16.5 Å². The molecule has 2 fully saturated rings. The molecule has 0 radical (unpaired) electrons. The van der Waals surface area contributed by atoms with Crippen molar-refractivity contribution in [2.45, 2.75) is 36.6 Å².